The molecule has 1 N–H and O–H groups in total. The van der Waals surface area contributed by atoms with Gasteiger partial charge in [-0.1, -0.05) is 6.07 Å². The van der Waals surface area contributed by atoms with Crippen LogP contribution >= 0.6 is 0 Å². The fraction of sp³-hybridized carbons (Fsp3) is 0.368. The van der Waals surface area contributed by atoms with Crippen LogP contribution in [0.15, 0.2) is 42.7 Å². The van der Waals surface area contributed by atoms with Crippen molar-refractivity contribution < 1.29 is 23.0 Å². The molecule has 9 heteroatoms. The number of aromatic nitrogens is 3. The highest BCUT2D eigenvalue weighted by atomic mass is 19.4. The number of imidazole rings is 1. The summed E-state index contributed by atoms with van der Waals surface area (Å²) < 4.78 is 46.4. The zero-order valence-electron chi connectivity index (χ0n) is 14.9. The summed E-state index contributed by atoms with van der Waals surface area (Å²) in [4.78, 5) is 10.9. The van der Waals surface area contributed by atoms with E-state index in [0.29, 0.717) is 42.4 Å². The lowest BCUT2D eigenvalue weighted by molar-refractivity contribution is -0.137. The molecule has 1 fully saturated rings. The summed E-state index contributed by atoms with van der Waals surface area (Å²) in [7, 11) is 0. The second-order valence-electron chi connectivity index (χ2n) is 6.62. The minimum atomic E-state index is -4.43. The van der Waals surface area contributed by atoms with Crippen molar-refractivity contribution in [1.29, 1.82) is 0 Å². The second kappa shape index (κ2) is 7.50. The minimum Gasteiger partial charge on any atom is -0.395 e. The Bertz CT molecular complexity index is 971. The molecule has 0 aromatic carbocycles. The molecule has 0 unspecified atom stereocenters. The first kappa shape index (κ1) is 18.9. The zero-order valence-corrected chi connectivity index (χ0v) is 14.9. The molecular formula is C19H19F3N4O2. The van der Waals surface area contributed by atoms with Gasteiger partial charge in [0.15, 0.2) is 0 Å². The summed E-state index contributed by atoms with van der Waals surface area (Å²) in [6.07, 6.45) is -2.14. The number of β-amino-alcohol motifs (C(OH)–C–C–N with tert-alkyl or cyclic N) is 1. The van der Waals surface area contributed by atoms with E-state index in [4.69, 9.17) is 9.84 Å². The molecule has 3 aromatic heterocycles. The first-order valence-corrected chi connectivity index (χ1v) is 8.92. The molecule has 4 rings (SSSR count). The van der Waals surface area contributed by atoms with Gasteiger partial charge in [0, 0.05) is 25.8 Å². The van der Waals surface area contributed by atoms with E-state index in [1.54, 1.807) is 12.1 Å². The molecule has 0 radical (unpaired) electrons. The molecule has 0 amide bonds. The number of rotatable bonds is 4. The number of ether oxygens (including phenoxy) is 1. The van der Waals surface area contributed by atoms with Crippen LogP contribution in [0.4, 0.5) is 13.2 Å². The molecule has 3 aromatic rings. The predicted octanol–water partition coefficient (Wildman–Crippen LogP) is 2.78. The normalized spacial score (nSPS) is 18.6. The van der Waals surface area contributed by atoms with Crippen molar-refractivity contribution in [1.82, 2.24) is 19.3 Å². The van der Waals surface area contributed by atoms with E-state index in [1.807, 2.05) is 6.07 Å². The number of aliphatic hydroxyl groups is 1. The van der Waals surface area contributed by atoms with E-state index in [-0.39, 0.29) is 12.7 Å². The first-order valence-electron chi connectivity index (χ1n) is 8.92. The Labute approximate surface area is 159 Å². The highest BCUT2D eigenvalue weighted by Gasteiger charge is 2.31. The first-order chi connectivity index (χ1) is 13.5. The Hall–Kier alpha value is -2.49. The van der Waals surface area contributed by atoms with Crippen molar-refractivity contribution in [3.05, 3.63) is 54.0 Å². The average molecular weight is 392 g/mol. The number of nitrogens with zero attached hydrogens (tertiary/aromatic N) is 4. The smallest absolute Gasteiger partial charge is 0.395 e. The largest absolute Gasteiger partial charge is 0.417 e. The third kappa shape index (κ3) is 3.73. The molecule has 0 bridgehead atoms. The molecule has 28 heavy (non-hydrogen) atoms. The van der Waals surface area contributed by atoms with Gasteiger partial charge in [0.25, 0.3) is 0 Å². The molecule has 1 saturated heterocycles. The Kier molecular flexibility index (Phi) is 5.05. The topological polar surface area (TPSA) is 62.9 Å². The molecule has 0 aliphatic carbocycles. The molecule has 1 aliphatic heterocycles. The van der Waals surface area contributed by atoms with Crippen molar-refractivity contribution in [2.24, 2.45) is 0 Å². The van der Waals surface area contributed by atoms with E-state index >= 15 is 0 Å². The molecule has 4 heterocycles. The van der Waals surface area contributed by atoms with Gasteiger partial charge in [0.1, 0.15) is 11.8 Å². The van der Waals surface area contributed by atoms with Gasteiger partial charge in [-0.15, -0.1) is 0 Å². The van der Waals surface area contributed by atoms with Gasteiger partial charge in [-0.05, 0) is 24.3 Å². The lowest BCUT2D eigenvalue weighted by Gasteiger charge is -2.32. The third-order valence-electron chi connectivity index (χ3n) is 4.76. The number of aliphatic hydroxyl groups excluding tert-OH is 1. The Balaban J connectivity index is 1.68. The summed E-state index contributed by atoms with van der Waals surface area (Å²) >= 11 is 0. The van der Waals surface area contributed by atoms with Crippen molar-refractivity contribution in [2.75, 3.05) is 32.8 Å². The quantitative estimate of drug-likeness (QED) is 0.740. The molecule has 6 nitrogen and oxygen atoms in total. The van der Waals surface area contributed by atoms with Gasteiger partial charge in [-0.25, -0.2) is 9.97 Å². The summed E-state index contributed by atoms with van der Waals surface area (Å²) in [5.41, 5.74) is 1.36. The molecule has 0 saturated carbocycles. The lowest BCUT2D eigenvalue weighted by atomic mass is 10.1. The van der Waals surface area contributed by atoms with E-state index in [0.717, 1.165) is 18.8 Å². The summed E-state index contributed by atoms with van der Waals surface area (Å²) in [5.74, 6) is 0. The number of morpholine rings is 1. The number of hydrogen-bond acceptors (Lipinski definition) is 5. The molecule has 1 atom stereocenters. The van der Waals surface area contributed by atoms with E-state index in [9.17, 15) is 13.2 Å². The summed E-state index contributed by atoms with van der Waals surface area (Å²) in [5, 5.41) is 9.14. The summed E-state index contributed by atoms with van der Waals surface area (Å²) in [6, 6.07) is 7.73. The zero-order chi connectivity index (χ0) is 19.7. The van der Waals surface area contributed by atoms with Crippen LogP contribution in [0.25, 0.3) is 17.0 Å². The van der Waals surface area contributed by atoms with Crippen LogP contribution < -0.4 is 0 Å². The maximum absolute atomic E-state index is 13.1. The van der Waals surface area contributed by atoms with Crippen LogP contribution in [0.3, 0.4) is 0 Å². The fourth-order valence-electron chi connectivity index (χ4n) is 3.34. The molecular weight excluding hydrogens is 373 g/mol. The minimum absolute atomic E-state index is 0.0730. The van der Waals surface area contributed by atoms with Crippen LogP contribution in [0, 0.1) is 0 Å². The van der Waals surface area contributed by atoms with E-state index < -0.39 is 11.7 Å². The van der Waals surface area contributed by atoms with Gasteiger partial charge in [-0.3, -0.25) is 9.30 Å². The fourth-order valence-corrected chi connectivity index (χ4v) is 3.34. The monoisotopic (exact) mass is 392 g/mol. The number of hydrogen-bond donors (Lipinski definition) is 1. The Morgan fingerprint density at radius 3 is 2.86 bits per heavy atom. The van der Waals surface area contributed by atoms with Crippen molar-refractivity contribution in [3.8, 4) is 11.4 Å². The highest BCUT2D eigenvalue weighted by Crippen LogP contribution is 2.31. The van der Waals surface area contributed by atoms with E-state index in [2.05, 4.69) is 14.9 Å². The van der Waals surface area contributed by atoms with Gasteiger partial charge in [0.05, 0.1) is 42.1 Å². The lowest BCUT2D eigenvalue weighted by Crippen LogP contribution is -2.40. The van der Waals surface area contributed by atoms with Gasteiger partial charge < -0.3 is 9.84 Å². The standard InChI is InChI=1S/C19H19F3N4O2/c20-19(21,22)13-4-5-18-23-10-16(26(18)11-13)14-2-1-3-15(24-14)17-12-25(6-8-27)7-9-28-17/h1-5,10-11,17,27H,6-9,12H2/t17-/m1/s1. The van der Waals surface area contributed by atoms with Gasteiger partial charge in [-0.2, -0.15) is 13.2 Å². The average Bonchev–Trinajstić information content (AvgIpc) is 3.11. The van der Waals surface area contributed by atoms with Gasteiger partial charge >= 0.3 is 6.18 Å². The summed E-state index contributed by atoms with van der Waals surface area (Å²) in [6.45, 7) is 2.50. The number of pyridine rings is 2. The number of halogens is 3. The van der Waals surface area contributed by atoms with Crippen LogP contribution in [0.5, 0.6) is 0 Å². The predicted molar refractivity (Wildman–Crippen MR) is 95.6 cm³/mol. The van der Waals surface area contributed by atoms with Crippen molar-refractivity contribution in [2.45, 2.75) is 12.3 Å². The third-order valence-corrected chi connectivity index (χ3v) is 4.76. The Morgan fingerprint density at radius 1 is 1.21 bits per heavy atom. The van der Waals surface area contributed by atoms with Crippen LogP contribution in [-0.4, -0.2) is 57.2 Å². The van der Waals surface area contributed by atoms with Crippen molar-refractivity contribution in [3.63, 3.8) is 0 Å². The SMILES string of the molecule is OCCN1CCO[C@@H](c2cccc(-c3cnc4ccc(C(F)(F)F)cn34)n2)C1. The van der Waals surface area contributed by atoms with Crippen molar-refractivity contribution >= 4 is 5.65 Å². The van der Waals surface area contributed by atoms with Gasteiger partial charge in [0.2, 0.25) is 0 Å². The maximum Gasteiger partial charge on any atom is 0.417 e. The number of alkyl halides is 3. The number of fused-ring (bicyclic) bond motifs is 1. The molecule has 1 aliphatic rings. The van der Waals surface area contributed by atoms with E-state index in [1.165, 1.54) is 16.7 Å². The molecule has 0 spiro atoms. The van der Waals surface area contributed by atoms with Crippen LogP contribution in [0.2, 0.25) is 0 Å². The van der Waals surface area contributed by atoms with Crippen LogP contribution in [-0.2, 0) is 10.9 Å². The Morgan fingerprint density at radius 2 is 2.07 bits per heavy atom. The molecule has 148 valence electrons. The second-order valence-corrected chi connectivity index (χ2v) is 6.62. The van der Waals surface area contributed by atoms with Crippen LogP contribution in [0.1, 0.15) is 17.4 Å². The highest BCUT2D eigenvalue weighted by molar-refractivity contribution is 5.60. The maximum atomic E-state index is 13.1.